The average Bonchev–Trinajstić information content (AvgIpc) is 3.11. The van der Waals surface area contributed by atoms with Crippen molar-refractivity contribution in [3.8, 4) is 11.8 Å². The van der Waals surface area contributed by atoms with E-state index in [0.717, 1.165) is 16.6 Å². The normalized spacial score (nSPS) is 11.2. The monoisotopic (exact) mass is 424 g/mol. The highest BCUT2D eigenvalue weighted by Gasteiger charge is 2.21. The molecule has 0 saturated carbocycles. The molecule has 0 saturated heterocycles. The van der Waals surface area contributed by atoms with Crippen LogP contribution in [0.3, 0.4) is 0 Å². The summed E-state index contributed by atoms with van der Waals surface area (Å²) in [7, 11) is 3.03. The molecule has 0 radical (unpaired) electrons. The third-order valence-electron chi connectivity index (χ3n) is 5.14. The summed E-state index contributed by atoms with van der Waals surface area (Å²) in [6, 6.07) is 15.3. The molecule has 0 unspecified atom stereocenters. The molecule has 2 heterocycles. The molecule has 0 spiro atoms. The second-order valence-corrected chi connectivity index (χ2v) is 7.46. The van der Waals surface area contributed by atoms with E-state index in [2.05, 4.69) is 11.9 Å². The molecule has 7 nitrogen and oxygen atoms in total. The van der Waals surface area contributed by atoms with Gasteiger partial charge in [0.05, 0.1) is 6.54 Å². The van der Waals surface area contributed by atoms with E-state index in [1.54, 1.807) is 17.7 Å². The first kappa shape index (κ1) is 20.0. The van der Waals surface area contributed by atoms with Crippen molar-refractivity contribution in [1.29, 1.82) is 0 Å². The smallest absolute Gasteiger partial charge is 0.332 e. The summed E-state index contributed by atoms with van der Waals surface area (Å²) >= 11 is 6.35. The topological polar surface area (TPSA) is 71.1 Å². The van der Waals surface area contributed by atoms with E-state index in [1.807, 2.05) is 42.5 Å². The molecule has 0 N–H and O–H groups in total. The van der Waals surface area contributed by atoms with Crippen LogP contribution in [0.25, 0.3) is 11.2 Å². The van der Waals surface area contributed by atoms with Crippen molar-refractivity contribution in [2.24, 2.45) is 14.1 Å². The van der Waals surface area contributed by atoms with E-state index < -0.39 is 11.2 Å². The van der Waals surface area contributed by atoms with Gasteiger partial charge in [-0.1, -0.05) is 48.9 Å². The Bertz CT molecular complexity index is 1350. The fourth-order valence-electron chi connectivity index (χ4n) is 3.35. The molecule has 2 aromatic heterocycles. The summed E-state index contributed by atoms with van der Waals surface area (Å²) in [6.07, 6.45) is 0.920. The van der Waals surface area contributed by atoms with Crippen LogP contribution < -0.4 is 16.0 Å². The first-order chi connectivity index (χ1) is 14.4. The van der Waals surface area contributed by atoms with Crippen molar-refractivity contribution in [3.05, 3.63) is 85.5 Å². The highest BCUT2D eigenvalue weighted by Crippen LogP contribution is 2.27. The zero-order chi connectivity index (χ0) is 21.4. The van der Waals surface area contributed by atoms with Gasteiger partial charge in [-0.3, -0.25) is 18.5 Å². The fraction of sp³-hybridized carbons (Fsp3) is 0.227. The van der Waals surface area contributed by atoms with Gasteiger partial charge in [0.25, 0.3) is 5.56 Å². The Morgan fingerprint density at radius 2 is 1.70 bits per heavy atom. The Kier molecular flexibility index (Phi) is 5.22. The van der Waals surface area contributed by atoms with Crippen LogP contribution in [0.5, 0.6) is 11.8 Å². The van der Waals surface area contributed by atoms with Crippen LogP contribution in [0.15, 0.2) is 58.1 Å². The maximum Gasteiger partial charge on any atom is 0.332 e. The molecule has 0 aliphatic heterocycles. The molecule has 4 aromatic rings. The number of nitrogens with zero attached hydrogens (tertiary/aromatic N) is 4. The van der Waals surface area contributed by atoms with Gasteiger partial charge < -0.3 is 4.74 Å². The zero-order valence-electron chi connectivity index (χ0n) is 16.9. The molecule has 0 aliphatic carbocycles. The quantitative estimate of drug-likeness (QED) is 0.491. The summed E-state index contributed by atoms with van der Waals surface area (Å²) < 4.78 is 10.1. The van der Waals surface area contributed by atoms with Crippen molar-refractivity contribution in [1.82, 2.24) is 18.7 Å². The fourth-order valence-corrected chi connectivity index (χ4v) is 3.54. The molecule has 8 heteroatoms. The van der Waals surface area contributed by atoms with Gasteiger partial charge in [-0.05, 0) is 35.7 Å². The molecule has 0 aliphatic rings. The standard InChI is InChI=1S/C22H21ClN4O3/c1-4-14-9-11-16(12-10-14)30-21-24-19-18(20(28)26(3)22(29)25(19)2)27(21)13-15-7-5-6-8-17(15)23/h5-12H,4,13H2,1-3H3. The molecule has 154 valence electrons. The number of imidazole rings is 1. The lowest BCUT2D eigenvalue weighted by Gasteiger charge is -2.11. The van der Waals surface area contributed by atoms with E-state index in [9.17, 15) is 9.59 Å². The number of hydrogen-bond donors (Lipinski definition) is 0. The maximum absolute atomic E-state index is 12.9. The molecule has 0 fully saturated rings. The van der Waals surface area contributed by atoms with Crippen molar-refractivity contribution in [3.63, 3.8) is 0 Å². The van der Waals surface area contributed by atoms with Gasteiger partial charge in [-0.2, -0.15) is 4.98 Å². The number of halogens is 1. The Morgan fingerprint density at radius 1 is 1.00 bits per heavy atom. The molecular formula is C22H21ClN4O3. The minimum Gasteiger partial charge on any atom is -0.425 e. The predicted octanol–water partition coefficient (Wildman–Crippen LogP) is 3.49. The van der Waals surface area contributed by atoms with Crippen LogP contribution >= 0.6 is 11.6 Å². The van der Waals surface area contributed by atoms with Crippen LogP contribution in [0.2, 0.25) is 5.02 Å². The van der Waals surface area contributed by atoms with Gasteiger partial charge >= 0.3 is 11.7 Å². The number of benzene rings is 2. The van der Waals surface area contributed by atoms with Gasteiger partial charge in [-0.15, -0.1) is 0 Å². The third-order valence-corrected chi connectivity index (χ3v) is 5.51. The number of rotatable bonds is 5. The third kappa shape index (κ3) is 3.41. The maximum atomic E-state index is 12.9. The summed E-state index contributed by atoms with van der Waals surface area (Å²) in [5.41, 5.74) is 1.64. The minimum atomic E-state index is -0.450. The summed E-state index contributed by atoms with van der Waals surface area (Å²) in [6.45, 7) is 2.35. The Hall–Kier alpha value is -3.32. The zero-order valence-corrected chi connectivity index (χ0v) is 17.7. The number of hydrogen-bond acceptors (Lipinski definition) is 4. The second kappa shape index (κ2) is 7.84. The first-order valence-electron chi connectivity index (χ1n) is 9.57. The van der Waals surface area contributed by atoms with Crippen LogP contribution in [0.4, 0.5) is 0 Å². The van der Waals surface area contributed by atoms with Crippen LogP contribution in [-0.2, 0) is 27.1 Å². The van der Waals surface area contributed by atoms with Gasteiger partial charge in [0.2, 0.25) is 0 Å². The lowest BCUT2D eigenvalue weighted by Crippen LogP contribution is -2.37. The molecule has 0 bridgehead atoms. The molecule has 30 heavy (non-hydrogen) atoms. The summed E-state index contributed by atoms with van der Waals surface area (Å²) in [4.78, 5) is 29.8. The lowest BCUT2D eigenvalue weighted by molar-refractivity contribution is 0.421. The molecule has 0 atom stereocenters. The van der Waals surface area contributed by atoms with Gasteiger partial charge in [0.15, 0.2) is 11.2 Å². The number of aromatic nitrogens is 4. The largest absolute Gasteiger partial charge is 0.425 e. The predicted molar refractivity (Wildman–Crippen MR) is 117 cm³/mol. The van der Waals surface area contributed by atoms with Gasteiger partial charge in [-0.25, -0.2) is 4.79 Å². The highest BCUT2D eigenvalue weighted by atomic mass is 35.5. The van der Waals surface area contributed by atoms with Crippen molar-refractivity contribution >= 4 is 22.8 Å². The lowest BCUT2D eigenvalue weighted by atomic mass is 10.2. The molecule has 0 amide bonds. The molecule has 2 aromatic carbocycles. The van der Waals surface area contributed by atoms with E-state index >= 15 is 0 Å². The van der Waals surface area contributed by atoms with E-state index in [4.69, 9.17) is 16.3 Å². The SMILES string of the molecule is CCc1ccc(Oc2nc3c(c(=O)n(C)c(=O)n3C)n2Cc2ccccc2Cl)cc1. The number of fused-ring (bicyclic) bond motifs is 1. The second-order valence-electron chi connectivity index (χ2n) is 7.05. The molecular weight excluding hydrogens is 404 g/mol. The van der Waals surface area contributed by atoms with Crippen molar-refractivity contribution < 1.29 is 4.74 Å². The first-order valence-corrected chi connectivity index (χ1v) is 9.95. The van der Waals surface area contributed by atoms with Crippen molar-refractivity contribution in [2.75, 3.05) is 0 Å². The highest BCUT2D eigenvalue weighted by molar-refractivity contribution is 6.31. The van der Waals surface area contributed by atoms with E-state index in [-0.39, 0.29) is 23.7 Å². The van der Waals surface area contributed by atoms with Gasteiger partial charge in [0, 0.05) is 19.1 Å². The number of ether oxygens (including phenoxy) is 1. The number of aryl methyl sites for hydroxylation is 2. The van der Waals surface area contributed by atoms with Crippen LogP contribution in [0, 0.1) is 0 Å². The van der Waals surface area contributed by atoms with Crippen LogP contribution in [0.1, 0.15) is 18.1 Å². The summed E-state index contributed by atoms with van der Waals surface area (Å²) in [5, 5.41) is 0.569. The minimum absolute atomic E-state index is 0.215. The van der Waals surface area contributed by atoms with E-state index in [0.29, 0.717) is 10.8 Å². The molecule has 4 rings (SSSR count). The van der Waals surface area contributed by atoms with Gasteiger partial charge in [0.1, 0.15) is 5.75 Å². The Morgan fingerprint density at radius 3 is 2.37 bits per heavy atom. The van der Waals surface area contributed by atoms with Crippen LogP contribution in [-0.4, -0.2) is 18.7 Å². The Labute approximate surface area is 177 Å². The average molecular weight is 425 g/mol. The van der Waals surface area contributed by atoms with E-state index in [1.165, 1.54) is 17.2 Å². The Balaban J connectivity index is 1.92. The van der Waals surface area contributed by atoms with Crippen molar-refractivity contribution in [2.45, 2.75) is 19.9 Å². The summed E-state index contributed by atoms with van der Waals surface area (Å²) in [5.74, 6) is 0.588.